The van der Waals surface area contributed by atoms with Gasteiger partial charge in [-0.25, -0.2) is 0 Å². The van der Waals surface area contributed by atoms with Crippen molar-refractivity contribution in [2.24, 2.45) is 0 Å². The highest BCUT2D eigenvalue weighted by molar-refractivity contribution is 4.69. The van der Waals surface area contributed by atoms with Gasteiger partial charge in [0.2, 0.25) is 0 Å². The maximum Gasteiger partial charge on any atom is 0.191 e. The van der Waals surface area contributed by atoms with Gasteiger partial charge in [-0.05, 0) is 0 Å². The molecule has 0 aromatic heterocycles. The van der Waals surface area contributed by atoms with E-state index < -0.39 is 11.9 Å². The summed E-state index contributed by atoms with van der Waals surface area (Å²) >= 11 is 0. The number of hydrogen-bond acceptors (Lipinski definition) is 5. The number of rotatable bonds is 7. The Labute approximate surface area is 77.9 Å². The highest BCUT2D eigenvalue weighted by atomic mass is 16.7. The fraction of sp³-hybridized carbons (Fsp3) is 1.00. The largest absolute Gasteiger partial charge is 0.394 e. The summed E-state index contributed by atoms with van der Waals surface area (Å²) in [6, 6.07) is 0. The van der Waals surface area contributed by atoms with E-state index in [9.17, 15) is 0 Å². The van der Waals surface area contributed by atoms with E-state index in [1.807, 2.05) is 0 Å². The second-order valence-corrected chi connectivity index (χ2v) is 2.73. The quantitative estimate of drug-likeness (QED) is 0.458. The SMILES string of the molecule is CC[C@@](CO)(OC)OC(CO)CO. The van der Waals surface area contributed by atoms with Crippen LogP contribution in [-0.4, -0.2) is 54.1 Å². The Kier molecular flexibility index (Phi) is 6.19. The Morgan fingerprint density at radius 2 is 1.77 bits per heavy atom. The summed E-state index contributed by atoms with van der Waals surface area (Å²) in [5.41, 5.74) is 0. The molecule has 13 heavy (non-hydrogen) atoms. The van der Waals surface area contributed by atoms with Crippen molar-refractivity contribution >= 4 is 0 Å². The number of ether oxygens (including phenoxy) is 2. The summed E-state index contributed by atoms with van der Waals surface area (Å²) in [6.45, 7) is 0.866. The Balaban J connectivity index is 4.21. The predicted octanol–water partition coefficient (Wildman–Crippen LogP) is -0.899. The Morgan fingerprint density at radius 3 is 2.00 bits per heavy atom. The van der Waals surface area contributed by atoms with Crippen LogP contribution in [0.15, 0.2) is 0 Å². The van der Waals surface area contributed by atoms with Crippen molar-refractivity contribution in [3.8, 4) is 0 Å². The molecule has 0 bridgehead atoms. The highest BCUT2D eigenvalue weighted by Gasteiger charge is 2.30. The van der Waals surface area contributed by atoms with E-state index in [-0.39, 0.29) is 19.8 Å². The van der Waals surface area contributed by atoms with Crippen LogP contribution in [0.2, 0.25) is 0 Å². The van der Waals surface area contributed by atoms with E-state index in [4.69, 9.17) is 24.8 Å². The summed E-state index contributed by atoms with van der Waals surface area (Å²) in [7, 11) is 1.41. The molecule has 5 heteroatoms. The number of hydrogen-bond donors (Lipinski definition) is 3. The molecule has 0 aliphatic carbocycles. The van der Waals surface area contributed by atoms with Crippen LogP contribution in [-0.2, 0) is 9.47 Å². The lowest BCUT2D eigenvalue weighted by atomic mass is 10.2. The molecule has 0 aliphatic rings. The van der Waals surface area contributed by atoms with Crippen molar-refractivity contribution in [2.45, 2.75) is 25.2 Å². The Morgan fingerprint density at radius 1 is 1.23 bits per heavy atom. The lowest BCUT2D eigenvalue weighted by Gasteiger charge is -2.32. The summed E-state index contributed by atoms with van der Waals surface area (Å²) < 4.78 is 10.2. The highest BCUT2D eigenvalue weighted by Crippen LogP contribution is 2.18. The maximum absolute atomic E-state index is 9.00. The van der Waals surface area contributed by atoms with Crippen molar-refractivity contribution in [1.29, 1.82) is 0 Å². The minimum atomic E-state index is -1.11. The minimum Gasteiger partial charge on any atom is -0.394 e. The molecule has 0 aliphatic heterocycles. The fourth-order valence-corrected chi connectivity index (χ4v) is 0.925. The van der Waals surface area contributed by atoms with Gasteiger partial charge in [0.25, 0.3) is 0 Å². The molecule has 0 rings (SSSR count). The third-order valence-electron chi connectivity index (χ3n) is 1.94. The number of methoxy groups -OCH3 is 1. The zero-order valence-electron chi connectivity index (χ0n) is 8.06. The molecule has 0 aromatic carbocycles. The van der Waals surface area contributed by atoms with E-state index in [1.54, 1.807) is 6.92 Å². The van der Waals surface area contributed by atoms with Gasteiger partial charge in [0, 0.05) is 13.5 Å². The first-order valence-electron chi connectivity index (χ1n) is 4.23. The molecule has 0 unspecified atom stereocenters. The van der Waals surface area contributed by atoms with Crippen LogP contribution in [0.4, 0.5) is 0 Å². The minimum absolute atomic E-state index is 0.304. The van der Waals surface area contributed by atoms with E-state index in [1.165, 1.54) is 7.11 Å². The molecular weight excluding hydrogens is 176 g/mol. The van der Waals surface area contributed by atoms with Crippen molar-refractivity contribution in [1.82, 2.24) is 0 Å². The van der Waals surface area contributed by atoms with Crippen LogP contribution in [0.3, 0.4) is 0 Å². The molecule has 0 spiro atoms. The molecular formula is C8H18O5. The first-order valence-corrected chi connectivity index (χ1v) is 4.23. The number of aliphatic hydroxyl groups excluding tert-OH is 3. The van der Waals surface area contributed by atoms with Gasteiger partial charge in [0.1, 0.15) is 6.10 Å². The van der Waals surface area contributed by atoms with Gasteiger partial charge in [-0.1, -0.05) is 6.92 Å². The lowest BCUT2D eigenvalue weighted by Crippen LogP contribution is -2.43. The van der Waals surface area contributed by atoms with Gasteiger partial charge in [-0.2, -0.15) is 0 Å². The van der Waals surface area contributed by atoms with Gasteiger partial charge in [0.05, 0.1) is 19.8 Å². The van der Waals surface area contributed by atoms with Crippen LogP contribution >= 0.6 is 0 Å². The van der Waals surface area contributed by atoms with Crippen molar-refractivity contribution in [3.63, 3.8) is 0 Å². The first-order chi connectivity index (χ1) is 6.17. The Hall–Kier alpha value is -0.200. The van der Waals surface area contributed by atoms with Crippen molar-refractivity contribution in [3.05, 3.63) is 0 Å². The van der Waals surface area contributed by atoms with Gasteiger partial charge in [-0.3, -0.25) is 0 Å². The monoisotopic (exact) mass is 194 g/mol. The van der Waals surface area contributed by atoms with Crippen LogP contribution in [0.5, 0.6) is 0 Å². The van der Waals surface area contributed by atoms with E-state index >= 15 is 0 Å². The zero-order chi connectivity index (χ0) is 10.3. The van der Waals surface area contributed by atoms with Crippen LogP contribution in [0.25, 0.3) is 0 Å². The molecule has 5 nitrogen and oxygen atoms in total. The normalized spacial score (nSPS) is 16.2. The third-order valence-corrected chi connectivity index (χ3v) is 1.94. The molecule has 0 fully saturated rings. The predicted molar refractivity (Wildman–Crippen MR) is 46.2 cm³/mol. The molecule has 0 saturated carbocycles. The maximum atomic E-state index is 9.00. The molecule has 0 heterocycles. The standard InChI is InChI=1S/C8H18O5/c1-3-8(6-11,12-2)13-7(4-9)5-10/h7,9-11H,3-6H2,1-2H3/t8-/m1/s1. The smallest absolute Gasteiger partial charge is 0.191 e. The van der Waals surface area contributed by atoms with E-state index in [2.05, 4.69) is 0 Å². The van der Waals surface area contributed by atoms with Crippen LogP contribution in [0.1, 0.15) is 13.3 Å². The summed E-state index contributed by atoms with van der Waals surface area (Å²) in [6.07, 6.45) is -0.275. The molecule has 0 aromatic rings. The molecule has 3 N–H and O–H groups in total. The van der Waals surface area contributed by atoms with Gasteiger partial charge in [-0.15, -0.1) is 0 Å². The lowest BCUT2D eigenvalue weighted by molar-refractivity contribution is -0.272. The zero-order valence-corrected chi connectivity index (χ0v) is 8.06. The molecule has 0 radical (unpaired) electrons. The topological polar surface area (TPSA) is 79.2 Å². The summed E-state index contributed by atoms with van der Waals surface area (Å²) in [4.78, 5) is 0. The van der Waals surface area contributed by atoms with Crippen molar-refractivity contribution < 1.29 is 24.8 Å². The molecule has 80 valence electrons. The van der Waals surface area contributed by atoms with Gasteiger partial charge < -0.3 is 24.8 Å². The summed E-state index contributed by atoms with van der Waals surface area (Å²) in [5.74, 6) is -1.11. The Bertz CT molecular complexity index is 111. The van der Waals surface area contributed by atoms with E-state index in [0.717, 1.165) is 0 Å². The number of aliphatic hydroxyl groups is 3. The van der Waals surface area contributed by atoms with Crippen molar-refractivity contribution in [2.75, 3.05) is 26.9 Å². The average Bonchev–Trinajstić information content (AvgIpc) is 2.21. The second kappa shape index (κ2) is 6.28. The van der Waals surface area contributed by atoms with Crippen LogP contribution < -0.4 is 0 Å². The molecule has 1 atom stereocenters. The molecule has 0 amide bonds. The first kappa shape index (κ1) is 12.8. The summed E-state index contributed by atoms with van der Waals surface area (Å²) in [5, 5.41) is 26.5. The van der Waals surface area contributed by atoms with Gasteiger partial charge >= 0.3 is 0 Å². The molecule has 0 saturated heterocycles. The second-order valence-electron chi connectivity index (χ2n) is 2.73. The van der Waals surface area contributed by atoms with Gasteiger partial charge in [0.15, 0.2) is 5.79 Å². The third kappa shape index (κ3) is 3.58. The average molecular weight is 194 g/mol. The fourth-order valence-electron chi connectivity index (χ4n) is 0.925. The van der Waals surface area contributed by atoms with E-state index in [0.29, 0.717) is 6.42 Å². The van der Waals surface area contributed by atoms with Crippen LogP contribution in [0, 0.1) is 0 Å².